The van der Waals surface area contributed by atoms with Crippen LogP contribution in [0.15, 0.2) is 28.8 Å². The van der Waals surface area contributed by atoms with Gasteiger partial charge in [0, 0.05) is 38.3 Å². The number of aryl methyl sites for hydroxylation is 1. The molecule has 2 aromatic rings. The van der Waals surface area contributed by atoms with Gasteiger partial charge in [0.1, 0.15) is 0 Å². The third-order valence-corrected chi connectivity index (χ3v) is 3.37. The van der Waals surface area contributed by atoms with Gasteiger partial charge in [-0.15, -0.1) is 12.4 Å². The van der Waals surface area contributed by atoms with E-state index in [4.69, 9.17) is 4.52 Å². The highest BCUT2D eigenvalue weighted by Gasteiger charge is 2.21. The minimum atomic E-state index is 0. The van der Waals surface area contributed by atoms with Crippen molar-refractivity contribution >= 4 is 18.1 Å². The summed E-state index contributed by atoms with van der Waals surface area (Å²) in [6.45, 7) is 3.91. The summed E-state index contributed by atoms with van der Waals surface area (Å²) in [6, 6.07) is 8.85. The third kappa shape index (κ3) is 2.72. The zero-order valence-electron chi connectivity index (χ0n) is 11.0. The van der Waals surface area contributed by atoms with E-state index in [1.54, 1.807) is 6.92 Å². The molecule has 0 aliphatic carbocycles. The molecule has 0 bridgehead atoms. The van der Waals surface area contributed by atoms with Crippen LogP contribution in [0.1, 0.15) is 5.89 Å². The first-order chi connectivity index (χ1) is 8.74. The van der Waals surface area contributed by atoms with Gasteiger partial charge < -0.3 is 14.7 Å². The largest absolute Gasteiger partial charge is 0.369 e. The Morgan fingerprint density at radius 1 is 1.26 bits per heavy atom. The molecule has 6 heteroatoms. The number of benzene rings is 1. The van der Waals surface area contributed by atoms with E-state index < -0.39 is 0 Å². The highest BCUT2D eigenvalue weighted by Crippen LogP contribution is 2.22. The molecular weight excluding hydrogens is 264 g/mol. The van der Waals surface area contributed by atoms with Gasteiger partial charge in [0.05, 0.1) is 6.04 Å². The summed E-state index contributed by atoms with van der Waals surface area (Å²) >= 11 is 0. The second-order valence-electron chi connectivity index (χ2n) is 4.61. The van der Waals surface area contributed by atoms with Crippen LogP contribution < -0.4 is 10.2 Å². The maximum atomic E-state index is 4.98. The lowest BCUT2D eigenvalue weighted by Gasteiger charge is -2.37. The average Bonchev–Trinajstić information content (AvgIpc) is 2.74. The van der Waals surface area contributed by atoms with Gasteiger partial charge in [-0.05, 0) is 24.3 Å². The maximum Gasteiger partial charge on any atom is 0.223 e. The van der Waals surface area contributed by atoms with Crippen LogP contribution in [0, 0.1) is 6.92 Å². The normalized spacial score (nSPS) is 14.6. The summed E-state index contributed by atoms with van der Waals surface area (Å²) in [5.41, 5.74) is 2.20. The average molecular weight is 281 g/mol. The molecule has 5 nitrogen and oxygen atoms in total. The van der Waals surface area contributed by atoms with Gasteiger partial charge in [0.2, 0.25) is 11.7 Å². The molecule has 1 aliphatic rings. The first kappa shape index (κ1) is 13.8. The number of halogens is 1. The molecular formula is C13H17ClN4O. The van der Waals surface area contributed by atoms with Crippen molar-refractivity contribution in [3.8, 4) is 11.4 Å². The fourth-order valence-corrected chi connectivity index (χ4v) is 2.02. The molecule has 0 unspecified atom stereocenters. The Morgan fingerprint density at radius 3 is 2.42 bits per heavy atom. The van der Waals surface area contributed by atoms with E-state index >= 15 is 0 Å². The Balaban J connectivity index is 0.00000133. The van der Waals surface area contributed by atoms with Crippen LogP contribution in [0.2, 0.25) is 0 Å². The van der Waals surface area contributed by atoms with Crippen molar-refractivity contribution in [2.75, 3.05) is 25.0 Å². The Bertz CT molecular complexity index is 536. The fourth-order valence-electron chi connectivity index (χ4n) is 2.02. The number of aromatic nitrogens is 2. The van der Waals surface area contributed by atoms with Crippen LogP contribution in [0.4, 0.5) is 5.69 Å². The number of hydrogen-bond donors (Lipinski definition) is 1. The van der Waals surface area contributed by atoms with E-state index in [-0.39, 0.29) is 12.4 Å². The Morgan fingerprint density at radius 2 is 1.95 bits per heavy atom. The van der Waals surface area contributed by atoms with Gasteiger partial charge in [0.15, 0.2) is 0 Å². The lowest BCUT2D eigenvalue weighted by atomic mass is 10.1. The van der Waals surface area contributed by atoms with Crippen molar-refractivity contribution in [2.45, 2.75) is 13.0 Å². The second-order valence-corrected chi connectivity index (χ2v) is 4.61. The monoisotopic (exact) mass is 280 g/mol. The molecule has 0 atom stereocenters. The van der Waals surface area contributed by atoms with Gasteiger partial charge >= 0.3 is 0 Å². The molecule has 0 amide bonds. The molecule has 1 aliphatic heterocycles. The smallest absolute Gasteiger partial charge is 0.223 e. The first-order valence-corrected chi connectivity index (χ1v) is 6.08. The van der Waals surface area contributed by atoms with Crippen LogP contribution in [0.5, 0.6) is 0 Å². The maximum absolute atomic E-state index is 4.98. The van der Waals surface area contributed by atoms with Gasteiger partial charge in [-0.1, -0.05) is 5.16 Å². The van der Waals surface area contributed by atoms with Crippen molar-refractivity contribution in [3.63, 3.8) is 0 Å². The van der Waals surface area contributed by atoms with Crippen LogP contribution in [0.3, 0.4) is 0 Å². The van der Waals surface area contributed by atoms with Crippen molar-refractivity contribution in [3.05, 3.63) is 30.2 Å². The van der Waals surface area contributed by atoms with E-state index in [9.17, 15) is 0 Å². The third-order valence-electron chi connectivity index (χ3n) is 3.37. The van der Waals surface area contributed by atoms with Crippen LogP contribution in [-0.4, -0.2) is 36.3 Å². The Labute approximate surface area is 118 Å². The molecule has 1 aromatic carbocycles. The predicted octanol–water partition coefficient (Wildman–Crippen LogP) is 1.87. The Hall–Kier alpha value is -1.59. The first-order valence-electron chi connectivity index (χ1n) is 6.08. The van der Waals surface area contributed by atoms with E-state index in [1.165, 1.54) is 5.69 Å². The minimum Gasteiger partial charge on any atom is -0.369 e. The molecule has 102 valence electrons. The molecule has 1 aromatic heterocycles. The molecule has 3 rings (SSSR count). The second kappa shape index (κ2) is 5.59. The van der Waals surface area contributed by atoms with Crippen LogP contribution >= 0.6 is 12.4 Å². The standard InChI is InChI=1S/C13H16N4O.ClH/c1-9-15-13(16-18-9)10-3-5-11(6-4-10)17(2)12-7-14-8-12;/h3-6,12,14H,7-8H2,1-2H3;1H. The summed E-state index contributed by atoms with van der Waals surface area (Å²) in [4.78, 5) is 6.51. The van der Waals surface area contributed by atoms with E-state index in [0.717, 1.165) is 18.7 Å². The Kier molecular flexibility index (Phi) is 4.07. The quantitative estimate of drug-likeness (QED) is 0.930. The molecule has 0 spiro atoms. The number of anilines is 1. The van der Waals surface area contributed by atoms with Crippen LogP contribution in [-0.2, 0) is 0 Å². The molecule has 1 saturated heterocycles. The number of nitrogens with one attached hydrogen (secondary N) is 1. The van der Waals surface area contributed by atoms with Crippen LogP contribution in [0.25, 0.3) is 11.4 Å². The van der Waals surface area contributed by atoms with E-state index in [0.29, 0.717) is 17.8 Å². The molecule has 1 N–H and O–H groups in total. The van der Waals surface area contributed by atoms with E-state index in [2.05, 4.69) is 39.5 Å². The van der Waals surface area contributed by atoms with Crippen molar-refractivity contribution < 1.29 is 4.52 Å². The molecule has 19 heavy (non-hydrogen) atoms. The highest BCUT2D eigenvalue weighted by molar-refractivity contribution is 5.85. The molecule has 1 fully saturated rings. The highest BCUT2D eigenvalue weighted by atomic mass is 35.5. The number of likely N-dealkylation sites (N-methyl/N-ethyl adjacent to an activating group) is 1. The summed E-state index contributed by atoms with van der Waals surface area (Å²) in [5, 5.41) is 7.19. The summed E-state index contributed by atoms with van der Waals surface area (Å²) in [5.74, 6) is 1.23. The van der Waals surface area contributed by atoms with Gasteiger partial charge in [-0.3, -0.25) is 0 Å². The van der Waals surface area contributed by atoms with Gasteiger partial charge in [-0.25, -0.2) is 0 Å². The van der Waals surface area contributed by atoms with Crippen molar-refractivity contribution in [1.82, 2.24) is 15.5 Å². The topological polar surface area (TPSA) is 54.2 Å². The fraction of sp³-hybridized carbons (Fsp3) is 0.385. The number of nitrogens with zero attached hydrogens (tertiary/aromatic N) is 3. The van der Waals surface area contributed by atoms with Crippen molar-refractivity contribution in [1.29, 1.82) is 0 Å². The zero-order chi connectivity index (χ0) is 12.5. The predicted molar refractivity (Wildman–Crippen MR) is 76.8 cm³/mol. The lowest BCUT2D eigenvalue weighted by molar-refractivity contribution is 0.394. The van der Waals surface area contributed by atoms with Gasteiger partial charge in [-0.2, -0.15) is 4.98 Å². The number of hydrogen-bond acceptors (Lipinski definition) is 5. The zero-order valence-corrected chi connectivity index (χ0v) is 11.8. The summed E-state index contributed by atoms with van der Waals surface area (Å²) < 4.78 is 4.98. The number of rotatable bonds is 3. The minimum absolute atomic E-state index is 0. The SMILES string of the molecule is Cc1nc(-c2ccc(N(C)C3CNC3)cc2)no1.Cl. The summed E-state index contributed by atoms with van der Waals surface area (Å²) in [7, 11) is 2.12. The summed E-state index contributed by atoms with van der Waals surface area (Å²) in [6.07, 6.45) is 0. The lowest BCUT2D eigenvalue weighted by Crippen LogP contribution is -2.56. The van der Waals surface area contributed by atoms with Gasteiger partial charge in [0.25, 0.3) is 0 Å². The van der Waals surface area contributed by atoms with Crippen molar-refractivity contribution in [2.24, 2.45) is 0 Å². The molecule has 0 radical (unpaired) electrons. The molecule has 2 heterocycles. The molecule has 0 saturated carbocycles. The van der Waals surface area contributed by atoms with E-state index in [1.807, 2.05) is 12.1 Å².